The third-order valence-corrected chi connectivity index (χ3v) is 7.06. The first kappa shape index (κ1) is 24.6. The van der Waals surface area contributed by atoms with Crippen molar-refractivity contribution in [2.45, 2.75) is 32.7 Å². The van der Waals surface area contributed by atoms with Crippen LogP contribution in [0.3, 0.4) is 0 Å². The summed E-state index contributed by atoms with van der Waals surface area (Å²) in [7, 11) is 1.66. The Balaban J connectivity index is 1.57. The molecule has 0 saturated heterocycles. The summed E-state index contributed by atoms with van der Waals surface area (Å²) >= 11 is 0. The third-order valence-electron chi connectivity index (χ3n) is 7.06. The fourth-order valence-corrected chi connectivity index (χ4v) is 5.18. The molecule has 0 aliphatic carbocycles. The summed E-state index contributed by atoms with van der Waals surface area (Å²) in [4.78, 5) is 31.8. The van der Waals surface area contributed by atoms with Gasteiger partial charge in [-0.1, -0.05) is 62.4 Å². The second-order valence-electron chi connectivity index (χ2n) is 9.96. The summed E-state index contributed by atoms with van der Waals surface area (Å²) in [6, 6.07) is 23.6. The molecule has 0 radical (unpaired) electrons. The van der Waals surface area contributed by atoms with E-state index in [0.29, 0.717) is 24.6 Å². The molecule has 0 saturated carbocycles. The predicted molar refractivity (Wildman–Crippen MR) is 147 cm³/mol. The molecule has 6 heteroatoms. The first-order chi connectivity index (χ1) is 18.0. The highest BCUT2D eigenvalue weighted by Crippen LogP contribution is 2.45. The Kier molecular flexibility index (Phi) is 6.99. The molecule has 1 aromatic heterocycles. The van der Waals surface area contributed by atoms with Crippen molar-refractivity contribution in [2.75, 3.05) is 20.2 Å². The maximum Gasteiger partial charge on any atom is 0.255 e. The maximum atomic E-state index is 13.7. The van der Waals surface area contributed by atoms with Gasteiger partial charge in [-0.05, 0) is 42.2 Å². The lowest BCUT2D eigenvalue weighted by Crippen LogP contribution is -2.34. The second-order valence-corrected chi connectivity index (χ2v) is 9.96. The van der Waals surface area contributed by atoms with Gasteiger partial charge < -0.3 is 19.9 Å². The number of nitrogens with one attached hydrogen (secondary N) is 2. The number of hydrogen-bond acceptors (Lipinski definition) is 3. The van der Waals surface area contributed by atoms with Crippen LogP contribution in [-0.4, -0.2) is 41.9 Å². The van der Waals surface area contributed by atoms with Gasteiger partial charge in [-0.25, -0.2) is 0 Å². The van der Waals surface area contributed by atoms with E-state index in [1.807, 2.05) is 65.6 Å². The van der Waals surface area contributed by atoms with Crippen molar-refractivity contribution in [3.8, 4) is 17.0 Å². The number of para-hydroxylation sites is 1. The molecule has 0 bridgehead atoms. The number of rotatable bonds is 9. The molecule has 0 spiro atoms. The van der Waals surface area contributed by atoms with Gasteiger partial charge in [-0.3, -0.25) is 9.59 Å². The fraction of sp³-hybridized carbons (Fsp3) is 0.290. The van der Waals surface area contributed by atoms with E-state index in [2.05, 4.69) is 36.3 Å². The average Bonchev–Trinajstić information content (AvgIpc) is 3.42. The normalized spacial score (nSPS) is 14.9. The number of carbonyl (C=O) groups is 2. The fourth-order valence-electron chi connectivity index (χ4n) is 5.18. The van der Waals surface area contributed by atoms with Crippen molar-refractivity contribution in [3.63, 3.8) is 0 Å². The first-order valence-electron chi connectivity index (χ1n) is 12.9. The molecule has 1 atom stereocenters. The minimum atomic E-state index is -0.315. The van der Waals surface area contributed by atoms with E-state index in [4.69, 9.17) is 4.74 Å². The summed E-state index contributed by atoms with van der Waals surface area (Å²) in [5.41, 5.74) is 5.60. The Morgan fingerprint density at radius 1 is 1.05 bits per heavy atom. The van der Waals surface area contributed by atoms with Crippen LogP contribution >= 0.6 is 0 Å². The molecule has 37 heavy (non-hydrogen) atoms. The standard InChI is InChI=1S/C31H33N3O3/c1-20(2)15-17-32-27(35)16-18-34-30(23-11-4-5-12-24(23)31(34)36)28-25-13-6-7-14-26(25)33-29(28)21-9-8-10-22(19-21)37-3/h4-14,19-20,30,33H,15-18H2,1-3H3,(H,32,35)/t30-/m0/s1. The third kappa shape index (κ3) is 4.84. The Morgan fingerprint density at radius 2 is 1.84 bits per heavy atom. The van der Waals surface area contributed by atoms with Gasteiger partial charge >= 0.3 is 0 Å². The average molecular weight is 496 g/mol. The molecule has 6 nitrogen and oxygen atoms in total. The number of benzene rings is 3. The van der Waals surface area contributed by atoms with Crippen LogP contribution in [0.2, 0.25) is 0 Å². The molecule has 0 fully saturated rings. The molecule has 1 aliphatic heterocycles. The molecule has 5 rings (SSSR count). The Labute approximate surface area is 217 Å². The van der Waals surface area contributed by atoms with Crippen LogP contribution < -0.4 is 10.1 Å². The lowest BCUT2D eigenvalue weighted by atomic mass is 9.93. The number of H-pyrrole nitrogens is 1. The molecule has 4 aromatic rings. The Hall–Kier alpha value is -4.06. The van der Waals surface area contributed by atoms with Crippen molar-refractivity contribution in [3.05, 3.63) is 89.5 Å². The van der Waals surface area contributed by atoms with Crippen molar-refractivity contribution >= 4 is 22.7 Å². The van der Waals surface area contributed by atoms with E-state index in [0.717, 1.165) is 45.5 Å². The molecule has 190 valence electrons. The van der Waals surface area contributed by atoms with Gasteiger partial charge in [0.25, 0.3) is 5.91 Å². The number of aromatic nitrogens is 1. The predicted octanol–water partition coefficient (Wildman–Crippen LogP) is 5.94. The van der Waals surface area contributed by atoms with E-state index in [1.54, 1.807) is 7.11 Å². The topological polar surface area (TPSA) is 74.4 Å². The molecular formula is C31H33N3O3. The van der Waals surface area contributed by atoms with Crippen molar-refractivity contribution < 1.29 is 14.3 Å². The molecular weight excluding hydrogens is 462 g/mol. The second kappa shape index (κ2) is 10.5. The van der Waals surface area contributed by atoms with Crippen molar-refractivity contribution in [1.82, 2.24) is 15.2 Å². The van der Waals surface area contributed by atoms with Gasteiger partial charge in [0.1, 0.15) is 5.75 Å². The van der Waals surface area contributed by atoms with Crippen molar-refractivity contribution in [2.24, 2.45) is 5.92 Å². The number of ether oxygens (including phenoxy) is 1. The Morgan fingerprint density at radius 3 is 2.65 bits per heavy atom. The SMILES string of the molecule is COc1cccc(-c2[nH]c3ccccc3c2[C@@H]2c3ccccc3C(=O)N2CCC(=O)NCCC(C)C)c1. The monoisotopic (exact) mass is 495 g/mol. The number of aromatic amines is 1. The molecule has 2 N–H and O–H groups in total. The highest BCUT2D eigenvalue weighted by molar-refractivity contribution is 6.02. The number of fused-ring (bicyclic) bond motifs is 2. The zero-order valence-corrected chi connectivity index (χ0v) is 21.6. The Bertz CT molecular complexity index is 1440. The summed E-state index contributed by atoms with van der Waals surface area (Å²) in [6.45, 7) is 5.26. The zero-order valence-electron chi connectivity index (χ0n) is 21.6. The highest BCUT2D eigenvalue weighted by Gasteiger charge is 2.40. The molecule has 1 aliphatic rings. The summed E-state index contributed by atoms with van der Waals surface area (Å²) in [5, 5.41) is 4.06. The van der Waals surface area contributed by atoms with Gasteiger partial charge in [-0.2, -0.15) is 0 Å². The molecule has 2 heterocycles. The lowest BCUT2D eigenvalue weighted by molar-refractivity contribution is -0.121. The zero-order chi connectivity index (χ0) is 25.9. The smallest absolute Gasteiger partial charge is 0.255 e. The van der Waals surface area contributed by atoms with Crippen LogP contribution in [0, 0.1) is 5.92 Å². The van der Waals surface area contributed by atoms with E-state index in [9.17, 15) is 9.59 Å². The quantitative estimate of drug-likeness (QED) is 0.302. The summed E-state index contributed by atoms with van der Waals surface area (Å²) in [5.74, 6) is 1.21. The van der Waals surface area contributed by atoms with E-state index in [1.165, 1.54) is 0 Å². The van der Waals surface area contributed by atoms with Crippen LogP contribution in [0.4, 0.5) is 0 Å². The number of hydrogen-bond donors (Lipinski definition) is 2. The lowest BCUT2D eigenvalue weighted by Gasteiger charge is -2.26. The number of amides is 2. The molecule has 0 unspecified atom stereocenters. The van der Waals surface area contributed by atoms with Gasteiger partial charge in [0.2, 0.25) is 5.91 Å². The minimum Gasteiger partial charge on any atom is -0.497 e. The number of nitrogens with zero attached hydrogens (tertiary/aromatic N) is 1. The van der Waals surface area contributed by atoms with Gasteiger partial charge in [-0.15, -0.1) is 0 Å². The van der Waals surface area contributed by atoms with E-state index < -0.39 is 0 Å². The minimum absolute atomic E-state index is 0.0323. The maximum absolute atomic E-state index is 13.7. The van der Waals surface area contributed by atoms with Gasteiger partial charge in [0.15, 0.2) is 0 Å². The van der Waals surface area contributed by atoms with Crippen LogP contribution in [0.25, 0.3) is 22.2 Å². The van der Waals surface area contributed by atoms with Crippen LogP contribution in [0.5, 0.6) is 5.75 Å². The molecule has 3 aromatic carbocycles. The summed E-state index contributed by atoms with van der Waals surface area (Å²) < 4.78 is 5.50. The largest absolute Gasteiger partial charge is 0.497 e. The van der Waals surface area contributed by atoms with Crippen molar-refractivity contribution in [1.29, 1.82) is 0 Å². The van der Waals surface area contributed by atoms with Crippen LogP contribution in [0.15, 0.2) is 72.8 Å². The van der Waals surface area contributed by atoms with E-state index >= 15 is 0 Å². The molecule has 2 amide bonds. The van der Waals surface area contributed by atoms with Crippen LogP contribution in [0.1, 0.15) is 54.2 Å². The summed E-state index contributed by atoms with van der Waals surface area (Å²) in [6.07, 6.45) is 1.19. The van der Waals surface area contributed by atoms with Gasteiger partial charge in [0.05, 0.1) is 18.8 Å². The van der Waals surface area contributed by atoms with Crippen LogP contribution in [-0.2, 0) is 4.79 Å². The number of carbonyl (C=O) groups excluding carboxylic acids is 2. The van der Waals surface area contributed by atoms with E-state index in [-0.39, 0.29) is 24.3 Å². The number of methoxy groups -OCH3 is 1. The highest BCUT2D eigenvalue weighted by atomic mass is 16.5. The first-order valence-corrected chi connectivity index (χ1v) is 12.9. The van der Waals surface area contributed by atoms with Gasteiger partial charge in [0, 0.05) is 47.1 Å².